The van der Waals surface area contributed by atoms with Gasteiger partial charge in [-0.3, -0.25) is 0 Å². The summed E-state index contributed by atoms with van der Waals surface area (Å²) in [5.41, 5.74) is 0.833. The molecule has 1 unspecified atom stereocenters. The minimum atomic E-state index is -1.52. The van der Waals surface area contributed by atoms with E-state index in [9.17, 15) is 18.3 Å². The van der Waals surface area contributed by atoms with Crippen LogP contribution in [0, 0.1) is 24.4 Å². The molecule has 0 saturated heterocycles. The summed E-state index contributed by atoms with van der Waals surface area (Å²) in [6, 6.07) is 3.41. The maximum atomic E-state index is 13.0. The van der Waals surface area contributed by atoms with E-state index in [-0.39, 0.29) is 5.56 Å². The van der Waals surface area contributed by atoms with Gasteiger partial charge in [-0.1, -0.05) is 0 Å². The summed E-state index contributed by atoms with van der Waals surface area (Å²) in [7, 11) is 0. The second-order valence-corrected chi connectivity index (χ2v) is 4.62. The number of aliphatic hydroxyl groups is 1. The molecule has 1 aromatic heterocycles. The molecule has 0 aliphatic heterocycles. The van der Waals surface area contributed by atoms with Crippen molar-refractivity contribution in [3.63, 3.8) is 0 Å². The Balaban J connectivity index is 2.45. The van der Waals surface area contributed by atoms with Gasteiger partial charge >= 0.3 is 0 Å². The Bertz CT molecular complexity index is 527. The first-order chi connectivity index (χ1) is 8.00. The lowest BCUT2D eigenvalue weighted by molar-refractivity contribution is 0.222. The lowest BCUT2D eigenvalue weighted by Gasteiger charge is -2.11. The Morgan fingerprint density at radius 1 is 1.18 bits per heavy atom. The van der Waals surface area contributed by atoms with Gasteiger partial charge in [-0.25, -0.2) is 13.2 Å². The molecule has 0 fully saturated rings. The van der Waals surface area contributed by atoms with E-state index < -0.39 is 23.6 Å². The van der Waals surface area contributed by atoms with Gasteiger partial charge in [0.2, 0.25) is 0 Å². The molecule has 2 rings (SSSR count). The van der Waals surface area contributed by atoms with Gasteiger partial charge in [0.1, 0.15) is 6.10 Å². The zero-order valence-corrected chi connectivity index (χ0v) is 9.69. The molecular weight excluding hydrogens is 249 g/mol. The van der Waals surface area contributed by atoms with Crippen LogP contribution in [0.4, 0.5) is 13.2 Å². The molecule has 5 heteroatoms. The molecule has 0 bridgehead atoms. The first-order valence-electron chi connectivity index (χ1n) is 4.87. The number of rotatable bonds is 2. The highest BCUT2D eigenvalue weighted by molar-refractivity contribution is 7.10. The summed E-state index contributed by atoms with van der Waals surface area (Å²) >= 11 is 1.28. The van der Waals surface area contributed by atoms with Crippen LogP contribution in [0.15, 0.2) is 23.6 Å². The van der Waals surface area contributed by atoms with E-state index in [4.69, 9.17) is 0 Å². The maximum Gasteiger partial charge on any atom is 0.194 e. The Kier molecular flexibility index (Phi) is 3.22. The predicted molar refractivity (Wildman–Crippen MR) is 59.4 cm³/mol. The molecule has 0 spiro atoms. The highest BCUT2D eigenvalue weighted by atomic mass is 32.1. The molecule has 2 aromatic rings. The number of aryl methyl sites for hydroxylation is 1. The van der Waals surface area contributed by atoms with Crippen molar-refractivity contribution < 1.29 is 18.3 Å². The second kappa shape index (κ2) is 4.50. The number of hydrogen-bond donors (Lipinski definition) is 1. The average Bonchev–Trinajstić information content (AvgIpc) is 2.70. The SMILES string of the molecule is Cc1ccsc1C(O)c1cc(F)c(F)c(F)c1. The minimum absolute atomic E-state index is 0.00644. The van der Waals surface area contributed by atoms with Gasteiger partial charge in [-0.2, -0.15) is 0 Å². The van der Waals surface area contributed by atoms with Crippen molar-refractivity contribution in [2.24, 2.45) is 0 Å². The van der Waals surface area contributed by atoms with Crippen LogP contribution in [0.5, 0.6) is 0 Å². The van der Waals surface area contributed by atoms with Crippen molar-refractivity contribution in [3.8, 4) is 0 Å². The molecule has 1 atom stereocenters. The summed E-state index contributed by atoms with van der Waals surface area (Å²) in [6.07, 6.45) is -1.14. The van der Waals surface area contributed by atoms with E-state index in [1.165, 1.54) is 11.3 Å². The average molecular weight is 258 g/mol. The standard InChI is InChI=1S/C12H9F3OS/c1-6-2-3-17-12(6)11(16)7-4-8(13)10(15)9(14)5-7/h2-5,11,16H,1H3. The molecule has 1 aromatic carbocycles. The first-order valence-corrected chi connectivity index (χ1v) is 5.75. The lowest BCUT2D eigenvalue weighted by Crippen LogP contribution is -2.02. The Hall–Kier alpha value is -1.33. The largest absolute Gasteiger partial charge is 0.383 e. The van der Waals surface area contributed by atoms with Gasteiger partial charge < -0.3 is 5.11 Å². The topological polar surface area (TPSA) is 20.2 Å². The minimum Gasteiger partial charge on any atom is -0.383 e. The van der Waals surface area contributed by atoms with E-state index in [1.807, 2.05) is 0 Å². The predicted octanol–water partition coefficient (Wildman–Crippen LogP) is 3.56. The van der Waals surface area contributed by atoms with Gasteiger partial charge in [0, 0.05) is 4.88 Å². The van der Waals surface area contributed by atoms with Crippen molar-refractivity contribution in [1.29, 1.82) is 0 Å². The molecular formula is C12H9F3OS. The van der Waals surface area contributed by atoms with Crippen LogP contribution < -0.4 is 0 Å². The van der Waals surface area contributed by atoms with E-state index in [1.54, 1.807) is 18.4 Å². The van der Waals surface area contributed by atoms with Crippen molar-refractivity contribution in [2.75, 3.05) is 0 Å². The molecule has 0 amide bonds. The highest BCUT2D eigenvalue weighted by Gasteiger charge is 2.18. The fraction of sp³-hybridized carbons (Fsp3) is 0.167. The normalized spacial score (nSPS) is 12.8. The van der Waals surface area contributed by atoms with Gasteiger partial charge in [-0.05, 0) is 41.6 Å². The molecule has 90 valence electrons. The van der Waals surface area contributed by atoms with E-state index >= 15 is 0 Å². The van der Waals surface area contributed by atoms with Crippen molar-refractivity contribution in [3.05, 3.63) is 57.0 Å². The van der Waals surface area contributed by atoms with Crippen LogP contribution in [0.2, 0.25) is 0 Å². The molecule has 1 heterocycles. The number of benzene rings is 1. The molecule has 1 N–H and O–H groups in total. The highest BCUT2D eigenvalue weighted by Crippen LogP contribution is 2.30. The summed E-state index contributed by atoms with van der Waals surface area (Å²) in [5.74, 6) is -4.12. The van der Waals surface area contributed by atoms with Crippen LogP contribution in [-0.2, 0) is 0 Å². The molecule has 1 nitrogen and oxygen atoms in total. The number of hydrogen-bond acceptors (Lipinski definition) is 2. The fourth-order valence-electron chi connectivity index (χ4n) is 1.55. The van der Waals surface area contributed by atoms with Gasteiger partial charge in [-0.15, -0.1) is 11.3 Å². The Labute approximate surface area is 100 Å². The molecule has 0 aliphatic carbocycles. The van der Waals surface area contributed by atoms with Gasteiger partial charge in [0.05, 0.1) is 0 Å². The summed E-state index contributed by atoms with van der Waals surface area (Å²) in [5, 5.41) is 11.7. The quantitative estimate of drug-likeness (QED) is 0.817. The smallest absolute Gasteiger partial charge is 0.194 e. The summed E-state index contributed by atoms with van der Waals surface area (Å²) in [4.78, 5) is 0.593. The summed E-state index contributed by atoms with van der Waals surface area (Å²) in [6.45, 7) is 1.78. The van der Waals surface area contributed by atoms with Crippen LogP contribution in [0.1, 0.15) is 22.1 Å². The second-order valence-electron chi connectivity index (χ2n) is 3.67. The van der Waals surface area contributed by atoms with E-state index in [0.717, 1.165) is 17.7 Å². The van der Waals surface area contributed by atoms with Gasteiger partial charge in [0.15, 0.2) is 17.5 Å². The molecule has 0 saturated carbocycles. The molecule has 0 aliphatic rings. The van der Waals surface area contributed by atoms with Crippen LogP contribution in [-0.4, -0.2) is 5.11 Å². The van der Waals surface area contributed by atoms with E-state index in [0.29, 0.717) is 4.88 Å². The Morgan fingerprint density at radius 3 is 2.24 bits per heavy atom. The van der Waals surface area contributed by atoms with Gasteiger partial charge in [0.25, 0.3) is 0 Å². The molecule has 17 heavy (non-hydrogen) atoms. The fourth-order valence-corrected chi connectivity index (χ4v) is 2.49. The number of thiophene rings is 1. The molecule has 0 radical (unpaired) electrons. The zero-order chi connectivity index (χ0) is 12.6. The van der Waals surface area contributed by atoms with E-state index in [2.05, 4.69) is 0 Å². The third kappa shape index (κ3) is 2.21. The van der Waals surface area contributed by atoms with Crippen LogP contribution in [0.3, 0.4) is 0 Å². The number of halogens is 3. The van der Waals surface area contributed by atoms with Crippen LogP contribution >= 0.6 is 11.3 Å². The van der Waals surface area contributed by atoms with Crippen molar-refractivity contribution in [1.82, 2.24) is 0 Å². The van der Waals surface area contributed by atoms with Crippen molar-refractivity contribution in [2.45, 2.75) is 13.0 Å². The van der Waals surface area contributed by atoms with Crippen LogP contribution in [0.25, 0.3) is 0 Å². The number of aliphatic hydroxyl groups excluding tert-OH is 1. The zero-order valence-electron chi connectivity index (χ0n) is 8.88. The Morgan fingerprint density at radius 2 is 1.76 bits per heavy atom. The third-order valence-corrected chi connectivity index (χ3v) is 3.54. The lowest BCUT2D eigenvalue weighted by atomic mass is 10.1. The summed E-state index contributed by atoms with van der Waals surface area (Å²) < 4.78 is 38.8. The monoisotopic (exact) mass is 258 g/mol. The maximum absolute atomic E-state index is 13.0. The van der Waals surface area contributed by atoms with Crippen molar-refractivity contribution >= 4 is 11.3 Å². The third-order valence-electron chi connectivity index (χ3n) is 2.47. The first kappa shape index (κ1) is 12.1.